The normalized spacial score (nSPS) is 17.8. The van der Waals surface area contributed by atoms with Gasteiger partial charge in [-0.3, -0.25) is 9.59 Å². The van der Waals surface area contributed by atoms with Gasteiger partial charge in [-0.1, -0.05) is 30.3 Å². The standard InChI is InChI=1S/C27H29N3O6S2/c1-3-36-27(33)19-8-11-21(12-9-19)28-25(31)17-29(2)26(32)24-15-22(37)16-30(24)38(34,35)23-13-10-18-6-4-5-7-20(18)14-23/h4-14,22,24,37H,3,15-17H2,1-2H3,(H,28,31)/t22-,24+/m1/s1. The molecule has 0 radical (unpaired) electrons. The van der Waals surface area contributed by atoms with E-state index in [9.17, 15) is 22.8 Å². The van der Waals surface area contributed by atoms with Crippen molar-refractivity contribution in [3.8, 4) is 0 Å². The van der Waals surface area contributed by atoms with E-state index < -0.39 is 33.8 Å². The number of carbonyl (C=O) groups excluding carboxylic acids is 3. The molecule has 1 N–H and O–H groups in total. The van der Waals surface area contributed by atoms with E-state index >= 15 is 0 Å². The van der Waals surface area contributed by atoms with Gasteiger partial charge < -0.3 is 15.0 Å². The quantitative estimate of drug-likeness (QED) is 0.326. The summed E-state index contributed by atoms with van der Waals surface area (Å²) in [6.45, 7) is 1.77. The molecule has 3 aromatic rings. The van der Waals surface area contributed by atoms with Crippen molar-refractivity contribution in [3.63, 3.8) is 0 Å². The lowest BCUT2D eigenvalue weighted by Crippen LogP contribution is -2.48. The lowest BCUT2D eigenvalue weighted by atomic mass is 10.1. The van der Waals surface area contributed by atoms with Gasteiger partial charge in [0, 0.05) is 24.5 Å². The molecule has 9 nitrogen and oxygen atoms in total. The van der Waals surface area contributed by atoms with Gasteiger partial charge in [-0.2, -0.15) is 16.9 Å². The van der Waals surface area contributed by atoms with E-state index in [2.05, 4.69) is 17.9 Å². The maximum absolute atomic E-state index is 13.6. The highest BCUT2D eigenvalue weighted by Crippen LogP contribution is 2.31. The molecule has 1 aliphatic rings. The highest BCUT2D eigenvalue weighted by atomic mass is 32.2. The Bertz CT molecular complexity index is 1460. The fourth-order valence-corrected chi connectivity index (χ4v) is 6.55. The zero-order valence-electron chi connectivity index (χ0n) is 21.0. The van der Waals surface area contributed by atoms with Crippen LogP contribution in [0.5, 0.6) is 0 Å². The molecule has 3 aromatic carbocycles. The van der Waals surface area contributed by atoms with Crippen LogP contribution in [0.4, 0.5) is 5.69 Å². The minimum Gasteiger partial charge on any atom is -0.462 e. The van der Waals surface area contributed by atoms with Gasteiger partial charge in [0.25, 0.3) is 0 Å². The van der Waals surface area contributed by atoms with Gasteiger partial charge in [0.2, 0.25) is 21.8 Å². The molecular formula is C27H29N3O6S2. The molecule has 2 atom stereocenters. The Morgan fingerprint density at radius 1 is 1.05 bits per heavy atom. The molecule has 1 saturated heterocycles. The van der Waals surface area contributed by atoms with Crippen molar-refractivity contribution in [2.45, 2.75) is 29.5 Å². The van der Waals surface area contributed by atoms with E-state index in [1.54, 1.807) is 31.2 Å². The van der Waals surface area contributed by atoms with Crippen molar-refractivity contribution in [2.75, 3.05) is 32.1 Å². The summed E-state index contributed by atoms with van der Waals surface area (Å²) in [5.41, 5.74) is 0.799. The number of carbonyl (C=O) groups is 3. The predicted molar refractivity (Wildman–Crippen MR) is 148 cm³/mol. The number of fused-ring (bicyclic) bond motifs is 1. The van der Waals surface area contributed by atoms with Crippen molar-refractivity contribution < 1.29 is 27.5 Å². The molecule has 2 amide bonds. The number of amides is 2. The summed E-state index contributed by atoms with van der Waals surface area (Å²) in [7, 11) is -2.53. The van der Waals surface area contributed by atoms with Crippen LogP contribution in [0.25, 0.3) is 10.8 Å². The second-order valence-electron chi connectivity index (χ2n) is 9.03. The van der Waals surface area contributed by atoms with Crippen LogP contribution in [0, 0.1) is 0 Å². The van der Waals surface area contributed by atoms with Crippen LogP contribution in [0.15, 0.2) is 71.6 Å². The van der Waals surface area contributed by atoms with Crippen LogP contribution in [0.3, 0.4) is 0 Å². The maximum atomic E-state index is 13.6. The molecule has 4 rings (SSSR count). The first-order chi connectivity index (χ1) is 18.1. The van der Waals surface area contributed by atoms with Crippen LogP contribution in [-0.4, -0.2) is 73.4 Å². The van der Waals surface area contributed by atoms with E-state index in [4.69, 9.17) is 4.74 Å². The summed E-state index contributed by atoms with van der Waals surface area (Å²) >= 11 is 4.46. The number of sulfonamides is 1. The Morgan fingerprint density at radius 3 is 2.42 bits per heavy atom. The Hall–Kier alpha value is -3.41. The highest BCUT2D eigenvalue weighted by molar-refractivity contribution is 7.89. The van der Waals surface area contributed by atoms with Crippen LogP contribution in [0.2, 0.25) is 0 Å². The van der Waals surface area contributed by atoms with Crippen molar-refractivity contribution in [3.05, 3.63) is 72.3 Å². The molecule has 0 saturated carbocycles. The summed E-state index contributed by atoms with van der Waals surface area (Å²) < 4.78 is 33.2. The molecule has 1 fully saturated rings. The number of nitrogens with zero attached hydrogens (tertiary/aromatic N) is 2. The zero-order chi connectivity index (χ0) is 27.4. The minimum absolute atomic E-state index is 0.0848. The van der Waals surface area contributed by atoms with Crippen molar-refractivity contribution in [1.29, 1.82) is 0 Å². The molecule has 1 aliphatic heterocycles. The minimum atomic E-state index is -3.98. The van der Waals surface area contributed by atoms with E-state index in [1.165, 1.54) is 34.5 Å². The first kappa shape index (κ1) is 27.6. The van der Waals surface area contributed by atoms with Gasteiger partial charge in [-0.05, 0) is 60.5 Å². The highest BCUT2D eigenvalue weighted by Gasteiger charge is 2.44. The molecule has 0 aromatic heterocycles. The summed E-state index contributed by atoms with van der Waals surface area (Å²) in [4.78, 5) is 39.0. The predicted octanol–water partition coefficient (Wildman–Crippen LogP) is 3.18. The summed E-state index contributed by atoms with van der Waals surface area (Å²) in [5.74, 6) is -1.41. The summed E-state index contributed by atoms with van der Waals surface area (Å²) in [5, 5.41) is 4.05. The van der Waals surface area contributed by atoms with E-state index in [0.717, 1.165) is 10.8 Å². The van der Waals surface area contributed by atoms with E-state index in [-0.39, 0.29) is 36.3 Å². The summed E-state index contributed by atoms with van der Waals surface area (Å²) in [6.07, 6.45) is 0.232. The Balaban J connectivity index is 1.44. The van der Waals surface area contributed by atoms with Crippen molar-refractivity contribution >= 4 is 56.9 Å². The largest absolute Gasteiger partial charge is 0.462 e. The molecule has 0 spiro atoms. The number of hydrogen-bond acceptors (Lipinski definition) is 7. The van der Waals surface area contributed by atoms with Crippen LogP contribution < -0.4 is 5.32 Å². The smallest absolute Gasteiger partial charge is 0.338 e. The van der Waals surface area contributed by atoms with Crippen molar-refractivity contribution in [1.82, 2.24) is 9.21 Å². The molecule has 38 heavy (non-hydrogen) atoms. The number of rotatable bonds is 8. The van der Waals surface area contributed by atoms with Gasteiger partial charge in [0.05, 0.1) is 23.6 Å². The SMILES string of the molecule is CCOC(=O)c1ccc(NC(=O)CN(C)C(=O)[C@@H]2C[C@@H](S)CN2S(=O)(=O)c2ccc3ccccc3c2)cc1. The number of benzene rings is 3. The number of nitrogens with one attached hydrogen (secondary N) is 1. The Labute approximate surface area is 227 Å². The fourth-order valence-electron chi connectivity index (χ4n) is 4.39. The topological polar surface area (TPSA) is 113 Å². The van der Waals surface area contributed by atoms with Crippen LogP contribution in [0.1, 0.15) is 23.7 Å². The van der Waals surface area contributed by atoms with E-state index in [0.29, 0.717) is 11.3 Å². The third kappa shape index (κ3) is 6.01. The van der Waals surface area contributed by atoms with Gasteiger partial charge in [-0.15, -0.1) is 0 Å². The third-order valence-corrected chi connectivity index (χ3v) is 8.53. The number of ether oxygens (including phenoxy) is 1. The van der Waals surface area contributed by atoms with Crippen molar-refractivity contribution in [2.24, 2.45) is 0 Å². The van der Waals surface area contributed by atoms with Gasteiger partial charge in [0.1, 0.15) is 6.04 Å². The number of likely N-dealkylation sites (N-methyl/N-ethyl adjacent to an activating group) is 1. The third-order valence-electron chi connectivity index (χ3n) is 6.28. The van der Waals surface area contributed by atoms with Crippen LogP contribution >= 0.6 is 12.6 Å². The second kappa shape index (κ2) is 11.5. The molecule has 1 heterocycles. The molecule has 0 bridgehead atoms. The van der Waals surface area contributed by atoms with E-state index in [1.807, 2.05) is 24.3 Å². The molecule has 11 heteroatoms. The zero-order valence-corrected chi connectivity index (χ0v) is 22.7. The molecule has 200 valence electrons. The second-order valence-corrected chi connectivity index (χ2v) is 11.7. The fraction of sp³-hybridized carbons (Fsp3) is 0.296. The number of esters is 1. The Kier molecular flexibility index (Phi) is 8.39. The first-order valence-electron chi connectivity index (χ1n) is 12.1. The Morgan fingerprint density at radius 2 is 1.74 bits per heavy atom. The number of thiol groups is 1. The molecule has 0 unspecified atom stereocenters. The van der Waals surface area contributed by atoms with Gasteiger partial charge in [0.15, 0.2) is 0 Å². The molecule has 0 aliphatic carbocycles. The number of hydrogen-bond donors (Lipinski definition) is 2. The van der Waals surface area contributed by atoms with Gasteiger partial charge in [-0.25, -0.2) is 13.2 Å². The average Bonchev–Trinajstić information content (AvgIpc) is 3.30. The van der Waals surface area contributed by atoms with Crippen LogP contribution in [-0.2, 0) is 24.3 Å². The lowest BCUT2D eigenvalue weighted by Gasteiger charge is -2.27. The first-order valence-corrected chi connectivity index (χ1v) is 14.1. The van der Waals surface area contributed by atoms with Gasteiger partial charge >= 0.3 is 5.97 Å². The maximum Gasteiger partial charge on any atom is 0.338 e. The summed E-state index contributed by atoms with van der Waals surface area (Å²) in [6, 6.07) is 17.5. The average molecular weight is 556 g/mol. The lowest BCUT2D eigenvalue weighted by molar-refractivity contribution is -0.136. The monoisotopic (exact) mass is 555 g/mol. The molecular weight excluding hydrogens is 526 g/mol. The number of anilines is 1.